The van der Waals surface area contributed by atoms with Crippen LogP contribution in [-0.4, -0.2) is 14.8 Å². The first kappa shape index (κ1) is 7.80. The Morgan fingerprint density at radius 1 is 1.15 bits per heavy atom. The minimum Gasteiger partial charge on any atom is -0.298 e. The minimum absolute atomic E-state index is 0.589. The molecule has 2 aliphatic carbocycles. The van der Waals surface area contributed by atoms with Crippen LogP contribution in [0.15, 0.2) is 0 Å². The number of rotatable bonds is 2. The van der Waals surface area contributed by atoms with Gasteiger partial charge in [0.25, 0.3) is 0 Å². The largest absolute Gasteiger partial charge is 0.298 e. The van der Waals surface area contributed by atoms with E-state index in [1.807, 2.05) is 0 Å². The van der Waals surface area contributed by atoms with Crippen LogP contribution in [0.25, 0.3) is 0 Å². The second-order valence-electron chi connectivity index (χ2n) is 4.06. The molecule has 0 bridgehead atoms. The number of halogens is 1. The summed E-state index contributed by atoms with van der Waals surface area (Å²) in [5.74, 6) is 1.79. The smallest absolute Gasteiger partial charge is 0.225 e. The molecule has 1 heterocycles. The molecule has 0 atom stereocenters. The van der Waals surface area contributed by atoms with E-state index >= 15 is 0 Å². The molecule has 0 N–H and O–H groups in total. The maximum Gasteiger partial charge on any atom is 0.225 e. The highest BCUT2D eigenvalue weighted by Crippen LogP contribution is 2.43. The highest BCUT2D eigenvalue weighted by atomic mass is 35.5. The lowest BCUT2D eigenvalue weighted by Gasteiger charge is -2.28. The third kappa shape index (κ3) is 1.17. The van der Waals surface area contributed by atoms with Crippen molar-refractivity contribution in [1.82, 2.24) is 14.8 Å². The summed E-state index contributed by atoms with van der Waals surface area (Å²) >= 11 is 6.01. The van der Waals surface area contributed by atoms with E-state index in [4.69, 9.17) is 11.6 Å². The topological polar surface area (TPSA) is 30.7 Å². The van der Waals surface area contributed by atoms with Crippen molar-refractivity contribution in [3.05, 3.63) is 11.1 Å². The van der Waals surface area contributed by atoms with Gasteiger partial charge in [-0.25, -0.2) is 0 Å². The van der Waals surface area contributed by atoms with Crippen LogP contribution in [0.3, 0.4) is 0 Å². The minimum atomic E-state index is 0.589. The first-order valence-electron chi connectivity index (χ1n) is 4.96. The van der Waals surface area contributed by atoms with Gasteiger partial charge in [-0.05, 0) is 43.7 Å². The predicted octanol–water partition coefficient (Wildman–Crippen LogP) is 2.53. The van der Waals surface area contributed by atoms with E-state index in [2.05, 4.69) is 14.8 Å². The molecule has 0 saturated heterocycles. The van der Waals surface area contributed by atoms with Crippen LogP contribution >= 0.6 is 11.6 Å². The summed E-state index contributed by atoms with van der Waals surface area (Å²) in [6, 6.07) is 0.595. The van der Waals surface area contributed by atoms with E-state index in [1.54, 1.807) is 0 Å². The highest BCUT2D eigenvalue weighted by molar-refractivity contribution is 6.28. The van der Waals surface area contributed by atoms with E-state index in [9.17, 15) is 0 Å². The molecule has 2 aliphatic rings. The fourth-order valence-electron chi connectivity index (χ4n) is 1.89. The fourth-order valence-corrected chi connectivity index (χ4v) is 2.15. The molecule has 3 nitrogen and oxygen atoms in total. The van der Waals surface area contributed by atoms with Gasteiger partial charge in [0, 0.05) is 12.0 Å². The molecule has 2 fully saturated rings. The molecule has 0 amide bonds. The van der Waals surface area contributed by atoms with E-state index in [0.717, 1.165) is 5.82 Å². The lowest BCUT2D eigenvalue weighted by Crippen LogP contribution is -2.19. The molecular formula is C9H12ClN3. The zero-order chi connectivity index (χ0) is 8.84. The van der Waals surface area contributed by atoms with E-state index in [1.165, 1.54) is 32.1 Å². The van der Waals surface area contributed by atoms with E-state index in [-0.39, 0.29) is 0 Å². The molecule has 2 saturated carbocycles. The third-order valence-corrected chi connectivity index (χ3v) is 3.32. The summed E-state index contributed by atoms with van der Waals surface area (Å²) in [5.41, 5.74) is 0. The Bertz CT molecular complexity index is 326. The van der Waals surface area contributed by atoms with Gasteiger partial charge >= 0.3 is 0 Å². The van der Waals surface area contributed by atoms with Gasteiger partial charge in [-0.3, -0.25) is 4.57 Å². The Labute approximate surface area is 82.1 Å². The molecule has 4 heteroatoms. The first-order valence-corrected chi connectivity index (χ1v) is 5.34. The second-order valence-corrected chi connectivity index (χ2v) is 4.39. The van der Waals surface area contributed by atoms with Crippen molar-refractivity contribution < 1.29 is 0 Å². The molecule has 13 heavy (non-hydrogen) atoms. The Morgan fingerprint density at radius 2 is 1.92 bits per heavy atom. The molecule has 1 aromatic heterocycles. The van der Waals surface area contributed by atoms with Crippen LogP contribution < -0.4 is 0 Å². The quantitative estimate of drug-likeness (QED) is 0.730. The van der Waals surface area contributed by atoms with Gasteiger partial charge in [0.15, 0.2) is 0 Å². The maximum absolute atomic E-state index is 6.01. The molecule has 0 aliphatic heterocycles. The average Bonchev–Trinajstić information content (AvgIpc) is 2.78. The van der Waals surface area contributed by atoms with Crippen LogP contribution in [0.5, 0.6) is 0 Å². The van der Waals surface area contributed by atoms with Crippen molar-refractivity contribution in [2.45, 2.75) is 44.1 Å². The van der Waals surface area contributed by atoms with Gasteiger partial charge < -0.3 is 0 Å². The predicted molar refractivity (Wildman–Crippen MR) is 49.9 cm³/mol. The van der Waals surface area contributed by atoms with Gasteiger partial charge in [0.1, 0.15) is 5.82 Å². The summed E-state index contributed by atoms with van der Waals surface area (Å²) in [5, 5.41) is 8.71. The van der Waals surface area contributed by atoms with Crippen LogP contribution in [0.2, 0.25) is 5.28 Å². The van der Waals surface area contributed by atoms with Crippen molar-refractivity contribution in [1.29, 1.82) is 0 Å². The summed E-state index contributed by atoms with van der Waals surface area (Å²) in [4.78, 5) is 0. The molecule has 1 aromatic rings. The van der Waals surface area contributed by atoms with Crippen molar-refractivity contribution >= 4 is 11.6 Å². The Kier molecular flexibility index (Phi) is 1.62. The molecule has 0 unspecified atom stereocenters. The van der Waals surface area contributed by atoms with E-state index in [0.29, 0.717) is 17.2 Å². The van der Waals surface area contributed by atoms with Crippen molar-refractivity contribution in [2.75, 3.05) is 0 Å². The zero-order valence-electron chi connectivity index (χ0n) is 7.41. The van der Waals surface area contributed by atoms with Crippen LogP contribution in [0, 0.1) is 0 Å². The summed E-state index contributed by atoms with van der Waals surface area (Å²) < 4.78 is 2.16. The third-order valence-electron chi connectivity index (χ3n) is 3.06. The van der Waals surface area contributed by atoms with Crippen molar-refractivity contribution in [2.24, 2.45) is 0 Å². The first-order chi connectivity index (χ1) is 6.36. The van der Waals surface area contributed by atoms with Gasteiger partial charge in [-0.1, -0.05) is 0 Å². The molecule has 0 spiro atoms. The van der Waals surface area contributed by atoms with E-state index < -0.39 is 0 Å². The van der Waals surface area contributed by atoms with Crippen molar-refractivity contribution in [3.63, 3.8) is 0 Å². The van der Waals surface area contributed by atoms with Crippen LogP contribution in [-0.2, 0) is 0 Å². The maximum atomic E-state index is 6.01. The Hall–Kier alpha value is -0.570. The summed E-state index contributed by atoms with van der Waals surface area (Å²) in [7, 11) is 0. The normalized spacial score (nSPS) is 23.2. The SMILES string of the molecule is Clc1nnc(C2CC2)n1C1CCC1. The van der Waals surface area contributed by atoms with Gasteiger partial charge in [0.05, 0.1) is 0 Å². The molecular weight excluding hydrogens is 186 g/mol. The molecule has 0 aromatic carbocycles. The summed E-state index contributed by atoms with van der Waals surface area (Å²) in [6.07, 6.45) is 6.35. The highest BCUT2D eigenvalue weighted by Gasteiger charge is 2.33. The average molecular weight is 198 g/mol. The lowest BCUT2D eigenvalue weighted by molar-refractivity contribution is 0.306. The summed E-state index contributed by atoms with van der Waals surface area (Å²) in [6.45, 7) is 0. The van der Waals surface area contributed by atoms with Gasteiger partial charge in [-0.15, -0.1) is 10.2 Å². The van der Waals surface area contributed by atoms with Crippen LogP contribution in [0.4, 0.5) is 0 Å². The lowest BCUT2D eigenvalue weighted by atomic mass is 9.93. The molecule has 0 radical (unpaired) electrons. The number of hydrogen-bond acceptors (Lipinski definition) is 2. The zero-order valence-corrected chi connectivity index (χ0v) is 8.17. The Morgan fingerprint density at radius 3 is 2.46 bits per heavy atom. The van der Waals surface area contributed by atoms with Crippen LogP contribution in [0.1, 0.15) is 49.9 Å². The molecule has 70 valence electrons. The standard InChI is InChI=1S/C9H12ClN3/c10-9-12-11-8(6-4-5-6)13(9)7-2-1-3-7/h6-7H,1-5H2. The fraction of sp³-hybridized carbons (Fsp3) is 0.778. The monoisotopic (exact) mass is 197 g/mol. The molecule has 3 rings (SSSR count). The Balaban J connectivity index is 1.98. The number of hydrogen-bond donors (Lipinski definition) is 0. The number of aromatic nitrogens is 3. The van der Waals surface area contributed by atoms with Crippen molar-refractivity contribution in [3.8, 4) is 0 Å². The second kappa shape index (κ2) is 2.71. The number of nitrogens with zero attached hydrogens (tertiary/aromatic N) is 3. The van der Waals surface area contributed by atoms with Gasteiger partial charge in [0.2, 0.25) is 5.28 Å². The van der Waals surface area contributed by atoms with Gasteiger partial charge in [-0.2, -0.15) is 0 Å².